The van der Waals surface area contributed by atoms with Crippen molar-refractivity contribution in [3.63, 3.8) is 0 Å². The molecule has 0 unspecified atom stereocenters. The lowest BCUT2D eigenvalue weighted by Crippen LogP contribution is -2.31. The number of amides is 1. The van der Waals surface area contributed by atoms with Gasteiger partial charge in [-0.25, -0.2) is 4.79 Å². The number of fused-ring (bicyclic) bond motifs is 2. The molecule has 0 spiro atoms. The summed E-state index contributed by atoms with van der Waals surface area (Å²) >= 11 is 0. The second kappa shape index (κ2) is 4.82. The predicted molar refractivity (Wildman–Crippen MR) is 73.2 cm³/mol. The maximum absolute atomic E-state index is 11.8. The minimum absolute atomic E-state index is 0.0950. The van der Waals surface area contributed by atoms with E-state index in [-0.39, 0.29) is 19.0 Å². The van der Waals surface area contributed by atoms with Crippen molar-refractivity contribution in [1.29, 1.82) is 0 Å². The lowest BCUT2D eigenvalue weighted by Gasteiger charge is -2.04. The number of hydrogen-bond donors (Lipinski definition) is 2. The van der Waals surface area contributed by atoms with Crippen molar-refractivity contribution in [2.45, 2.75) is 6.54 Å². The summed E-state index contributed by atoms with van der Waals surface area (Å²) in [6.45, 7) is -0.0215. The highest BCUT2D eigenvalue weighted by Gasteiger charge is 2.08. The number of carbonyl (C=O) groups is 1. The fourth-order valence-corrected chi connectivity index (χ4v) is 2.01. The van der Waals surface area contributed by atoms with Gasteiger partial charge in [-0.3, -0.25) is 4.79 Å². The highest BCUT2D eigenvalue weighted by Crippen LogP contribution is 2.23. The van der Waals surface area contributed by atoms with E-state index >= 15 is 0 Å². The SMILES string of the molecule is NCC(=O)NCc1cc2cc3ccoc3cc2oc1=O. The van der Waals surface area contributed by atoms with Crippen LogP contribution in [0.25, 0.3) is 21.9 Å². The smallest absolute Gasteiger partial charge is 0.341 e. The fraction of sp³-hybridized carbons (Fsp3) is 0.143. The van der Waals surface area contributed by atoms with E-state index in [4.69, 9.17) is 14.6 Å². The third-order valence-corrected chi connectivity index (χ3v) is 3.04. The fourth-order valence-electron chi connectivity index (χ4n) is 2.01. The number of furan rings is 1. The van der Waals surface area contributed by atoms with Crippen molar-refractivity contribution in [2.75, 3.05) is 6.54 Å². The Kier molecular flexibility index (Phi) is 3.00. The van der Waals surface area contributed by atoms with Crippen molar-refractivity contribution in [3.8, 4) is 0 Å². The van der Waals surface area contributed by atoms with Crippen molar-refractivity contribution >= 4 is 27.8 Å². The lowest BCUT2D eigenvalue weighted by molar-refractivity contribution is -0.119. The van der Waals surface area contributed by atoms with Crippen LogP contribution in [0.1, 0.15) is 5.56 Å². The van der Waals surface area contributed by atoms with Crippen molar-refractivity contribution in [3.05, 3.63) is 46.5 Å². The van der Waals surface area contributed by atoms with E-state index in [1.807, 2.05) is 12.1 Å². The molecule has 0 aliphatic carbocycles. The van der Waals surface area contributed by atoms with Gasteiger partial charge in [-0.15, -0.1) is 0 Å². The van der Waals surface area contributed by atoms with Crippen LogP contribution < -0.4 is 16.7 Å². The number of hydrogen-bond acceptors (Lipinski definition) is 5. The van der Waals surface area contributed by atoms with Gasteiger partial charge in [0.05, 0.1) is 24.9 Å². The van der Waals surface area contributed by atoms with Crippen molar-refractivity contribution < 1.29 is 13.6 Å². The molecule has 3 N–H and O–H groups in total. The summed E-state index contributed by atoms with van der Waals surface area (Å²) in [5.74, 6) is -0.324. The third kappa shape index (κ3) is 2.17. The van der Waals surface area contributed by atoms with Gasteiger partial charge in [0, 0.05) is 16.8 Å². The van der Waals surface area contributed by atoms with Crippen LogP contribution in [-0.2, 0) is 11.3 Å². The molecule has 3 rings (SSSR count). The highest BCUT2D eigenvalue weighted by atomic mass is 16.4. The molecule has 0 aliphatic rings. The molecule has 0 atom stereocenters. The Labute approximate surface area is 113 Å². The number of nitrogens with two attached hydrogens (primary N) is 1. The molecular formula is C14H12N2O4. The summed E-state index contributed by atoms with van der Waals surface area (Å²) in [6.07, 6.45) is 1.57. The number of carbonyl (C=O) groups excluding carboxylic acids is 1. The molecule has 1 aromatic carbocycles. The first-order chi connectivity index (χ1) is 9.67. The first-order valence-corrected chi connectivity index (χ1v) is 6.08. The van der Waals surface area contributed by atoms with E-state index in [9.17, 15) is 9.59 Å². The second-order valence-corrected chi connectivity index (χ2v) is 4.39. The largest absolute Gasteiger partial charge is 0.464 e. The molecule has 0 aliphatic heterocycles. The molecule has 1 amide bonds. The lowest BCUT2D eigenvalue weighted by atomic mass is 10.1. The Balaban J connectivity index is 2.05. The molecule has 2 aromatic heterocycles. The Morgan fingerprint density at radius 3 is 2.85 bits per heavy atom. The van der Waals surface area contributed by atoms with Gasteiger partial charge in [-0.2, -0.15) is 0 Å². The Morgan fingerprint density at radius 1 is 1.20 bits per heavy atom. The Hall–Kier alpha value is -2.60. The van der Waals surface area contributed by atoms with Crippen LogP contribution in [0, 0.1) is 0 Å². The van der Waals surface area contributed by atoms with Gasteiger partial charge in [0.2, 0.25) is 5.91 Å². The predicted octanol–water partition coefficient (Wildman–Crippen LogP) is 1.11. The average Bonchev–Trinajstić information content (AvgIpc) is 2.89. The highest BCUT2D eigenvalue weighted by molar-refractivity contribution is 5.93. The van der Waals surface area contributed by atoms with Crippen molar-refractivity contribution in [2.24, 2.45) is 5.73 Å². The molecule has 102 valence electrons. The molecule has 0 fully saturated rings. The molecule has 0 saturated heterocycles. The molecule has 6 heteroatoms. The van der Waals surface area contributed by atoms with Gasteiger partial charge in [0.15, 0.2) is 0 Å². The van der Waals surface area contributed by atoms with Gasteiger partial charge in [0.1, 0.15) is 11.2 Å². The van der Waals surface area contributed by atoms with Crippen LogP contribution in [-0.4, -0.2) is 12.5 Å². The summed E-state index contributed by atoms with van der Waals surface area (Å²) in [5.41, 5.74) is 6.19. The molecule has 20 heavy (non-hydrogen) atoms. The summed E-state index contributed by atoms with van der Waals surface area (Å²) in [7, 11) is 0. The number of nitrogens with one attached hydrogen (secondary N) is 1. The molecule has 0 bridgehead atoms. The Morgan fingerprint density at radius 2 is 2.05 bits per heavy atom. The van der Waals surface area contributed by atoms with Crippen LogP contribution in [0.15, 0.2) is 44.2 Å². The van der Waals surface area contributed by atoms with Crippen LogP contribution in [0.5, 0.6) is 0 Å². The van der Waals surface area contributed by atoms with Crippen LogP contribution in [0.2, 0.25) is 0 Å². The summed E-state index contributed by atoms with van der Waals surface area (Å²) in [4.78, 5) is 22.9. The van der Waals surface area contributed by atoms with E-state index in [2.05, 4.69) is 5.32 Å². The standard InChI is InChI=1S/C14H12N2O4/c15-6-13(17)16-7-10-4-9-3-8-1-2-19-11(8)5-12(9)20-14(10)18/h1-5H,6-7,15H2,(H,16,17). The van der Waals surface area contributed by atoms with Gasteiger partial charge >= 0.3 is 5.63 Å². The normalized spacial score (nSPS) is 11.1. The zero-order valence-corrected chi connectivity index (χ0v) is 10.5. The Bertz CT molecular complexity index is 847. The first kappa shape index (κ1) is 12.4. The summed E-state index contributed by atoms with van der Waals surface area (Å²) < 4.78 is 10.5. The van der Waals surface area contributed by atoms with Crippen LogP contribution >= 0.6 is 0 Å². The van der Waals surface area contributed by atoms with E-state index in [0.717, 1.165) is 10.8 Å². The van der Waals surface area contributed by atoms with E-state index in [1.165, 1.54) is 0 Å². The van der Waals surface area contributed by atoms with E-state index in [1.54, 1.807) is 18.4 Å². The quantitative estimate of drug-likeness (QED) is 0.696. The molecule has 0 saturated carbocycles. The minimum Gasteiger partial charge on any atom is -0.464 e. The van der Waals surface area contributed by atoms with Crippen molar-refractivity contribution in [1.82, 2.24) is 5.32 Å². The zero-order valence-electron chi connectivity index (χ0n) is 10.5. The zero-order chi connectivity index (χ0) is 14.1. The minimum atomic E-state index is -0.485. The molecule has 6 nitrogen and oxygen atoms in total. The molecular weight excluding hydrogens is 260 g/mol. The topological polar surface area (TPSA) is 98.5 Å². The van der Waals surface area contributed by atoms with Crippen LogP contribution in [0.4, 0.5) is 0 Å². The van der Waals surface area contributed by atoms with Gasteiger partial charge in [-0.05, 0) is 18.2 Å². The second-order valence-electron chi connectivity index (χ2n) is 4.39. The van der Waals surface area contributed by atoms with Gasteiger partial charge < -0.3 is 19.9 Å². The molecule has 0 radical (unpaired) electrons. The van der Waals surface area contributed by atoms with E-state index in [0.29, 0.717) is 16.7 Å². The van der Waals surface area contributed by atoms with Gasteiger partial charge in [0.25, 0.3) is 0 Å². The van der Waals surface area contributed by atoms with Gasteiger partial charge in [-0.1, -0.05) is 0 Å². The summed E-state index contributed by atoms with van der Waals surface area (Å²) in [5, 5.41) is 4.24. The van der Waals surface area contributed by atoms with E-state index < -0.39 is 5.63 Å². The monoisotopic (exact) mass is 272 g/mol. The maximum Gasteiger partial charge on any atom is 0.341 e. The first-order valence-electron chi connectivity index (χ1n) is 6.08. The average molecular weight is 272 g/mol. The molecule has 2 heterocycles. The maximum atomic E-state index is 11.8. The van der Waals surface area contributed by atoms with Crippen LogP contribution in [0.3, 0.4) is 0 Å². The third-order valence-electron chi connectivity index (χ3n) is 3.04. The summed E-state index contributed by atoms with van der Waals surface area (Å²) in [6, 6.07) is 7.07. The molecule has 3 aromatic rings. The number of benzene rings is 1. The number of rotatable bonds is 3.